The van der Waals surface area contributed by atoms with Crippen LogP contribution < -0.4 is 16.6 Å². The van der Waals surface area contributed by atoms with E-state index in [0.717, 1.165) is 0 Å². The van der Waals surface area contributed by atoms with Crippen molar-refractivity contribution in [3.8, 4) is 0 Å². The van der Waals surface area contributed by atoms with Gasteiger partial charge in [-0.25, -0.2) is 5.84 Å². The zero-order valence-electron chi connectivity index (χ0n) is 10.3. The number of hydrogen-bond acceptors (Lipinski definition) is 6. The lowest BCUT2D eigenvalue weighted by molar-refractivity contribution is -0.139. The van der Waals surface area contributed by atoms with Crippen LogP contribution in [0.15, 0.2) is 16.7 Å². The van der Waals surface area contributed by atoms with Crippen molar-refractivity contribution in [2.45, 2.75) is 19.5 Å². The molecule has 1 atom stereocenters. The van der Waals surface area contributed by atoms with Crippen LogP contribution in [0.3, 0.4) is 0 Å². The molecule has 1 fully saturated rings. The summed E-state index contributed by atoms with van der Waals surface area (Å²) in [4.78, 5) is 35.7. The van der Waals surface area contributed by atoms with Gasteiger partial charge in [0.2, 0.25) is 11.8 Å². The molecule has 1 aliphatic heterocycles. The highest BCUT2D eigenvalue weighted by Crippen LogP contribution is 2.14. The Morgan fingerprint density at radius 1 is 1.63 bits per heavy atom. The van der Waals surface area contributed by atoms with Gasteiger partial charge in [-0.2, -0.15) is 0 Å². The normalized spacial score (nSPS) is 20.2. The van der Waals surface area contributed by atoms with Crippen LogP contribution in [-0.4, -0.2) is 35.2 Å². The largest absolute Gasteiger partial charge is 0.467 e. The van der Waals surface area contributed by atoms with Crippen LogP contribution in [0.4, 0.5) is 0 Å². The number of imide groups is 1. The van der Waals surface area contributed by atoms with Gasteiger partial charge in [-0.05, 0) is 13.0 Å². The van der Waals surface area contributed by atoms with E-state index in [2.05, 4.69) is 5.32 Å². The number of hydrogen-bond donors (Lipinski definition) is 3. The number of hydrazine groups is 1. The second kappa shape index (κ2) is 5.21. The van der Waals surface area contributed by atoms with Gasteiger partial charge in [0.15, 0.2) is 0 Å². The smallest absolute Gasteiger partial charge is 0.268 e. The number of rotatable bonds is 3. The summed E-state index contributed by atoms with van der Waals surface area (Å²) in [7, 11) is 0. The summed E-state index contributed by atoms with van der Waals surface area (Å²) in [6, 6.07) is 1.08. The van der Waals surface area contributed by atoms with E-state index in [0.29, 0.717) is 5.76 Å². The molecule has 1 aromatic heterocycles. The molecular weight excluding hydrogens is 252 g/mol. The zero-order valence-corrected chi connectivity index (χ0v) is 10.3. The fourth-order valence-electron chi connectivity index (χ4n) is 1.83. The highest BCUT2D eigenvalue weighted by Gasteiger charge is 2.30. The average Bonchev–Trinajstić information content (AvgIpc) is 2.83. The molecule has 2 rings (SSSR count). The van der Waals surface area contributed by atoms with Crippen molar-refractivity contribution in [1.82, 2.24) is 15.6 Å². The first-order chi connectivity index (χ1) is 9.01. The van der Waals surface area contributed by atoms with E-state index >= 15 is 0 Å². The first kappa shape index (κ1) is 13.2. The Labute approximate surface area is 108 Å². The number of nitrogens with zero attached hydrogens (tertiary/aromatic N) is 1. The number of piperazine rings is 1. The molecule has 0 aromatic carbocycles. The number of carbonyl (C=O) groups is 3. The minimum absolute atomic E-state index is 0.103. The summed E-state index contributed by atoms with van der Waals surface area (Å²) in [6.07, 6.45) is 1.27. The molecular formula is C11H14N4O4. The van der Waals surface area contributed by atoms with Crippen molar-refractivity contribution in [3.63, 3.8) is 0 Å². The number of nitrogens with one attached hydrogen (secondary N) is 2. The number of furan rings is 1. The van der Waals surface area contributed by atoms with E-state index in [1.165, 1.54) is 12.3 Å². The Morgan fingerprint density at radius 3 is 3.05 bits per heavy atom. The predicted molar refractivity (Wildman–Crippen MR) is 63.4 cm³/mol. The van der Waals surface area contributed by atoms with Crippen molar-refractivity contribution >= 4 is 17.7 Å². The van der Waals surface area contributed by atoms with Gasteiger partial charge < -0.3 is 4.42 Å². The molecule has 8 nitrogen and oxygen atoms in total. The molecule has 19 heavy (non-hydrogen) atoms. The summed E-state index contributed by atoms with van der Waals surface area (Å²) < 4.78 is 5.21. The Balaban J connectivity index is 2.08. The Kier molecular flexibility index (Phi) is 3.63. The molecule has 1 aromatic rings. The molecule has 0 radical (unpaired) electrons. The number of nitrogen functional groups attached to an aromatic ring is 1. The van der Waals surface area contributed by atoms with Gasteiger partial charge in [-0.15, -0.1) is 0 Å². The van der Waals surface area contributed by atoms with Crippen molar-refractivity contribution < 1.29 is 18.8 Å². The summed E-state index contributed by atoms with van der Waals surface area (Å²) in [6.45, 7) is 2.06. The predicted octanol–water partition coefficient (Wildman–Crippen LogP) is -1.27. The van der Waals surface area contributed by atoms with Crippen molar-refractivity contribution in [2.75, 3.05) is 6.54 Å². The first-order valence-corrected chi connectivity index (χ1v) is 5.67. The molecule has 0 bridgehead atoms. The van der Waals surface area contributed by atoms with Gasteiger partial charge in [0.05, 0.1) is 24.7 Å². The van der Waals surface area contributed by atoms with Gasteiger partial charge in [0.1, 0.15) is 12.0 Å². The maximum Gasteiger partial charge on any atom is 0.268 e. The topological polar surface area (TPSA) is 118 Å². The summed E-state index contributed by atoms with van der Waals surface area (Å²) in [5, 5.41) is 2.25. The van der Waals surface area contributed by atoms with E-state index in [-0.39, 0.29) is 30.5 Å². The summed E-state index contributed by atoms with van der Waals surface area (Å²) in [5.74, 6) is 4.33. The van der Waals surface area contributed by atoms with E-state index in [1.807, 2.05) is 5.43 Å². The lowest BCUT2D eigenvalue weighted by Crippen LogP contribution is -2.56. The fraction of sp³-hybridized carbons (Fsp3) is 0.364. The van der Waals surface area contributed by atoms with Gasteiger partial charge >= 0.3 is 0 Å². The minimum atomic E-state index is -0.462. The van der Waals surface area contributed by atoms with E-state index in [9.17, 15) is 14.4 Å². The first-order valence-electron chi connectivity index (χ1n) is 5.67. The number of amides is 3. The molecule has 0 aliphatic carbocycles. The average molecular weight is 266 g/mol. The van der Waals surface area contributed by atoms with Crippen molar-refractivity contribution in [2.24, 2.45) is 5.84 Å². The summed E-state index contributed by atoms with van der Waals surface area (Å²) in [5.41, 5.74) is 2.28. The van der Waals surface area contributed by atoms with E-state index < -0.39 is 11.9 Å². The van der Waals surface area contributed by atoms with Crippen LogP contribution in [0.25, 0.3) is 0 Å². The third kappa shape index (κ3) is 2.80. The maximum atomic E-state index is 11.5. The molecule has 8 heteroatoms. The molecule has 2 heterocycles. The van der Waals surface area contributed by atoms with E-state index in [1.54, 1.807) is 11.8 Å². The van der Waals surface area contributed by atoms with Gasteiger partial charge in [-0.3, -0.25) is 30.0 Å². The quantitative estimate of drug-likeness (QED) is 0.272. The Bertz CT molecular complexity index is 525. The Morgan fingerprint density at radius 2 is 2.37 bits per heavy atom. The second-order valence-corrected chi connectivity index (χ2v) is 4.27. The van der Waals surface area contributed by atoms with Crippen LogP contribution in [-0.2, 0) is 16.1 Å². The number of nitrogens with two attached hydrogens (primary N) is 1. The standard InChI is InChI=1S/C11H14N4O4/c1-6-10(17)13-9(16)4-15(6)3-8-2-7(5-19-8)11(18)14-12/h2,5-6H,3-4,12H2,1H3,(H,14,18)(H,13,16,17). The molecule has 1 aliphatic rings. The number of carbonyl (C=O) groups excluding carboxylic acids is 3. The van der Waals surface area contributed by atoms with E-state index in [4.69, 9.17) is 10.3 Å². The minimum Gasteiger partial charge on any atom is -0.467 e. The molecule has 1 saturated heterocycles. The van der Waals surface area contributed by atoms with Gasteiger partial charge in [-0.1, -0.05) is 0 Å². The van der Waals surface area contributed by atoms with Crippen molar-refractivity contribution in [1.29, 1.82) is 0 Å². The second-order valence-electron chi connectivity index (χ2n) is 4.27. The highest BCUT2D eigenvalue weighted by molar-refractivity contribution is 6.00. The lowest BCUT2D eigenvalue weighted by Gasteiger charge is -2.30. The Hall–Kier alpha value is -2.19. The molecule has 1 unspecified atom stereocenters. The molecule has 3 amide bonds. The van der Waals surface area contributed by atoms with Gasteiger partial charge in [0, 0.05) is 0 Å². The SMILES string of the molecule is CC1C(=O)NC(=O)CN1Cc1cc(C(=O)NN)co1. The lowest BCUT2D eigenvalue weighted by atomic mass is 10.2. The maximum absolute atomic E-state index is 11.5. The van der Waals surface area contributed by atoms with Crippen LogP contribution in [0.1, 0.15) is 23.0 Å². The van der Waals surface area contributed by atoms with Crippen LogP contribution >= 0.6 is 0 Å². The highest BCUT2D eigenvalue weighted by atomic mass is 16.3. The van der Waals surface area contributed by atoms with Gasteiger partial charge in [0.25, 0.3) is 5.91 Å². The molecule has 102 valence electrons. The molecule has 0 spiro atoms. The van der Waals surface area contributed by atoms with Crippen molar-refractivity contribution in [3.05, 3.63) is 23.7 Å². The zero-order chi connectivity index (χ0) is 14.0. The van der Waals surface area contributed by atoms with Crippen LogP contribution in [0, 0.1) is 0 Å². The van der Waals surface area contributed by atoms with Crippen LogP contribution in [0.5, 0.6) is 0 Å². The fourth-order valence-corrected chi connectivity index (χ4v) is 1.83. The third-order valence-corrected chi connectivity index (χ3v) is 2.94. The van der Waals surface area contributed by atoms with Crippen LogP contribution in [0.2, 0.25) is 0 Å². The third-order valence-electron chi connectivity index (χ3n) is 2.94. The molecule has 0 saturated carbocycles. The summed E-state index contributed by atoms with van der Waals surface area (Å²) >= 11 is 0. The monoisotopic (exact) mass is 266 g/mol. The molecule has 4 N–H and O–H groups in total.